The van der Waals surface area contributed by atoms with Gasteiger partial charge >= 0.3 is 0 Å². The van der Waals surface area contributed by atoms with Crippen LogP contribution in [0.25, 0.3) is 22.6 Å². The van der Waals surface area contributed by atoms with Crippen molar-refractivity contribution in [1.29, 1.82) is 0 Å². The number of hydrogen-bond donors (Lipinski definition) is 4. The van der Waals surface area contributed by atoms with Crippen LogP contribution >= 0.6 is 22.9 Å². The molecule has 0 bridgehead atoms. The highest BCUT2D eigenvalue weighted by Crippen LogP contribution is 2.35. The van der Waals surface area contributed by atoms with Crippen LogP contribution in [-0.2, 0) is 11.2 Å². The lowest BCUT2D eigenvalue weighted by molar-refractivity contribution is -0.122. The number of imidazole rings is 1. The van der Waals surface area contributed by atoms with Crippen molar-refractivity contribution in [3.63, 3.8) is 0 Å². The second kappa shape index (κ2) is 9.57. The van der Waals surface area contributed by atoms with Crippen molar-refractivity contribution >= 4 is 45.7 Å². The highest BCUT2D eigenvalue weighted by molar-refractivity contribution is 7.09. The third-order valence-corrected chi connectivity index (χ3v) is 6.92. The van der Waals surface area contributed by atoms with Crippen LogP contribution in [0, 0.1) is 0 Å². The maximum Gasteiger partial charge on any atom is 0.257 e. The average Bonchev–Trinajstić information content (AvgIpc) is 3.62. The van der Waals surface area contributed by atoms with Gasteiger partial charge in [-0.1, -0.05) is 11.6 Å². The van der Waals surface area contributed by atoms with Gasteiger partial charge in [0.15, 0.2) is 12.3 Å². The second-order valence-corrected chi connectivity index (χ2v) is 9.57. The number of carbonyl (C=O) groups excluding carboxylic acids is 1. The number of carbonyl (C=O) groups is 1. The Hall–Kier alpha value is -3.21. The molecule has 1 aliphatic rings. The number of anilines is 1. The lowest BCUT2D eigenvalue weighted by Crippen LogP contribution is -2.42. The van der Waals surface area contributed by atoms with Crippen LogP contribution in [0.4, 0.5) is 5.69 Å². The fourth-order valence-corrected chi connectivity index (χ4v) is 5.01. The SMILES string of the molecule is CNC(=O)COc1ccc(-c2nc3ncc(Cl)c(N[C@]4(Cc5nccs5)CCNC4)c3[nH]2)cc1. The van der Waals surface area contributed by atoms with Gasteiger partial charge in [-0.2, -0.15) is 0 Å². The zero-order valence-electron chi connectivity index (χ0n) is 18.5. The number of nitrogens with one attached hydrogen (secondary N) is 4. The summed E-state index contributed by atoms with van der Waals surface area (Å²) in [6.07, 6.45) is 5.22. The number of hydrogen-bond acceptors (Lipinski definition) is 8. The van der Waals surface area contributed by atoms with Crippen molar-refractivity contribution in [1.82, 2.24) is 30.6 Å². The standard InChI is InChI=1S/C23H24ClN7O2S/c1-25-17(32)12-33-15-4-2-14(3-5-15)21-29-20-19(16(24)11-28-22(20)30-21)31-23(6-7-26-13-23)10-18-27-8-9-34-18/h2-5,8-9,11,26H,6-7,10,12-13H2,1H3,(H,25,32)(H2,28,29,30,31)/t23-/m0/s1. The molecule has 4 N–H and O–H groups in total. The fraction of sp³-hybridized carbons (Fsp3) is 0.304. The van der Waals surface area contributed by atoms with E-state index in [1.165, 1.54) is 0 Å². The summed E-state index contributed by atoms with van der Waals surface area (Å²) in [5.41, 5.74) is 2.79. The number of ether oxygens (including phenoxy) is 1. The molecule has 1 fully saturated rings. The molecule has 0 radical (unpaired) electrons. The zero-order chi connectivity index (χ0) is 23.5. The minimum absolute atomic E-state index is 0.0322. The van der Waals surface area contributed by atoms with Crippen LogP contribution in [0.15, 0.2) is 42.0 Å². The number of H-pyrrole nitrogens is 1. The maximum absolute atomic E-state index is 11.4. The Morgan fingerprint density at radius 2 is 2.15 bits per heavy atom. The highest BCUT2D eigenvalue weighted by atomic mass is 35.5. The largest absolute Gasteiger partial charge is 0.484 e. The number of halogens is 1. The monoisotopic (exact) mass is 497 g/mol. The number of amides is 1. The molecular weight excluding hydrogens is 474 g/mol. The first-order valence-corrected chi connectivity index (χ1v) is 12.2. The van der Waals surface area contributed by atoms with Crippen LogP contribution in [0.3, 0.4) is 0 Å². The molecule has 4 heterocycles. The number of fused-ring (bicyclic) bond motifs is 1. The Bertz CT molecular complexity index is 1280. The number of aromatic amines is 1. The number of nitrogens with zero attached hydrogens (tertiary/aromatic N) is 3. The quantitative estimate of drug-likeness (QED) is 0.295. The van der Waals surface area contributed by atoms with Gasteiger partial charge in [0.1, 0.15) is 17.1 Å². The predicted molar refractivity (Wildman–Crippen MR) is 134 cm³/mol. The predicted octanol–water partition coefficient (Wildman–Crippen LogP) is 3.25. The molecule has 0 unspecified atom stereocenters. The van der Waals surface area contributed by atoms with Crippen molar-refractivity contribution in [2.24, 2.45) is 0 Å². The van der Waals surface area contributed by atoms with Crippen molar-refractivity contribution in [3.8, 4) is 17.1 Å². The van der Waals surface area contributed by atoms with Gasteiger partial charge in [0.05, 0.1) is 27.5 Å². The topological polar surface area (TPSA) is 117 Å². The van der Waals surface area contributed by atoms with Crippen molar-refractivity contribution < 1.29 is 9.53 Å². The number of benzene rings is 1. The summed E-state index contributed by atoms with van der Waals surface area (Å²) in [5, 5.41) is 13.3. The summed E-state index contributed by atoms with van der Waals surface area (Å²) in [7, 11) is 1.57. The van der Waals surface area contributed by atoms with Gasteiger partial charge in [-0.25, -0.2) is 15.0 Å². The summed E-state index contributed by atoms with van der Waals surface area (Å²) in [4.78, 5) is 28.4. The molecule has 5 rings (SSSR count). The Morgan fingerprint density at radius 1 is 1.29 bits per heavy atom. The maximum atomic E-state index is 11.4. The Balaban J connectivity index is 1.42. The number of rotatable bonds is 8. The third-order valence-electron chi connectivity index (χ3n) is 5.86. The molecule has 0 aliphatic carbocycles. The van der Waals surface area contributed by atoms with Crippen molar-refractivity contribution in [3.05, 3.63) is 52.1 Å². The molecule has 3 aromatic heterocycles. The number of pyridine rings is 1. The van der Waals surface area contributed by atoms with Crippen molar-refractivity contribution in [2.75, 3.05) is 32.1 Å². The summed E-state index contributed by atoms with van der Waals surface area (Å²) in [5.74, 6) is 1.09. The van der Waals surface area contributed by atoms with Gasteiger partial charge in [-0.3, -0.25) is 4.79 Å². The molecule has 1 aliphatic heterocycles. The molecular formula is C23H24ClN7O2S. The summed E-state index contributed by atoms with van der Waals surface area (Å²) in [6, 6.07) is 7.38. The Morgan fingerprint density at radius 3 is 2.85 bits per heavy atom. The Labute approximate surface area is 205 Å². The number of thiazole rings is 1. The van der Waals surface area contributed by atoms with Crippen LogP contribution in [0.5, 0.6) is 5.75 Å². The van der Waals surface area contributed by atoms with Gasteiger partial charge in [0.2, 0.25) is 0 Å². The van der Waals surface area contributed by atoms with E-state index in [-0.39, 0.29) is 18.1 Å². The highest BCUT2D eigenvalue weighted by Gasteiger charge is 2.36. The van der Waals surface area contributed by atoms with Gasteiger partial charge in [0, 0.05) is 37.2 Å². The van der Waals surface area contributed by atoms with E-state index in [0.717, 1.165) is 47.7 Å². The van der Waals surface area contributed by atoms with Crippen LogP contribution in [-0.4, -0.2) is 58.1 Å². The second-order valence-electron chi connectivity index (χ2n) is 8.19. The number of aromatic nitrogens is 4. The first-order valence-electron chi connectivity index (χ1n) is 10.9. The molecule has 0 spiro atoms. The van der Waals surface area contributed by atoms with Crippen LogP contribution in [0.2, 0.25) is 5.02 Å². The summed E-state index contributed by atoms with van der Waals surface area (Å²) in [6.45, 7) is 1.70. The molecule has 0 saturated carbocycles. The summed E-state index contributed by atoms with van der Waals surface area (Å²) < 4.78 is 5.48. The molecule has 1 amide bonds. The van der Waals surface area contributed by atoms with E-state index in [1.807, 2.05) is 23.7 Å². The molecule has 11 heteroatoms. The van der Waals surface area contributed by atoms with E-state index in [0.29, 0.717) is 22.2 Å². The fourth-order valence-electron chi connectivity index (χ4n) is 4.06. The molecule has 1 saturated heterocycles. The lowest BCUT2D eigenvalue weighted by atomic mass is 9.94. The first kappa shape index (κ1) is 22.6. The summed E-state index contributed by atoms with van der Waals surface area (Å²) >= 11 is 8.28. The van der Waals surface area contributed by atoms with E-state index >= 15 is 0 Å². The van der Waals surface area contributed by atoms with E-state index in [2.05, 4.69) is 35.9 Å². The van der Waals surface area contributed by atoms with Crippen molar-refractivity contribution in [2.45, 2.75) is 18.4 Å². The molecule has 1 atom stereocenters. The zero-order valence-corrected chi connectivity index (χ0v) is 20.1. The molecule has 9 nitrogen and oxygen atoms in total. The van der Waals surface area contributed by atoms with Crippen LogP contribution in [0.1, 0.15) is 11.4 Å². The van der Waals surface area contributed by atoms with E-state index in [4.69, 9.17) is 16.3 Å². The van der Waals surface area contributed by atoms with Gasteiger partial charge in [-0.05, 0) is 37.2 Å². The molecule has 34 heavy (non-hydrogen) atoms. The minimum atomic E-state index is -0.204. The molecule has 176 valence electrons. The minimum Gasteiger partial charge on any atom is -0.484 e. The van der Waals surface area contributed by atoms with Gasteiger partial charge < -0.3 is 25.7 Å². The Kier molecular flexibility index (Phi) is 6.36. The van der Waals surface area contributed by atoms with E-state index in [1.54, 1.807) is 36.7 Å². The molecule has 1 aromatic carbocycles. The van der Waals surface area contributed by atoms with E-state index < -0.39 is 0 Å². The van der Waals surface area contributed by atoms with Gasteiger partial charge in [-0.15, -0.1) is 11.3 Å². The normalized spacial score (nSPS) is 17.7. The number of likely N-dealkylation sites (N-methyl/N-ethyl adjacent to an activating group) is 1. The molecule has 4 aromatic rings. The lowest BCUT2D eigenvalue weighted by Gasteiger charge is -2.30. The van der Waals surface area contributed by atoms with E-state index in [9.17, 15) is 4.79 Å². The smallest absolute Gasteiger partial charge is 0.257 e. The first-order chi connectivity index (χ1) is 16.5. The average molecular weight is 498 g/mol. The third kappa shape index (κ3) is 4.70. The van der Waals surface area contributed by atoms with Crippen LogP contribution < -0.4 is 20.7 Å². The van der Waals surface area contributed by atoms with Gasteiger partial charge in [0.25, 0.3) is 5.91 Å².